The van der Waals surface area contributed by atoms with E-state index in [0.717, 1.165) is 11.8 Å². The number of rotatable bonds is 5. The minimum atomic E-state index is -3.40. The summed E-state index contributed by atoms with van der Waals surface area (Å²) < 4.78 is 25.2. The van der Waals surface area contributed by atoms with E-state index < -0.39 is 33.5 Å². The summed E-state index contributed by atoms with van der Waals surface area (Å²) in [5.41, 5.74) is 1.27. The Bertz CT molecular complexity index is 754. The van der Waals surface area contributed by atoms with E-state index in [1.165, 1.54) is 0 Å². The molecule has 1 atom stereocenters. The predicted molar refractivity (Wildman–Crippen MR) is 99.2 cm³/mol. The Morgan fingerprint density at radius 3 is 2.28 bits per heavy atom. The molecule has 0 bridgehead atoms. The molecule has 0 radical (unpaired) electrons. The first-order valence-electron chi connectivity index (χ1n) is 7.75. The number of nitrogens with one attached hydrogen (secondary N) is 4. The highest BCUT2D eigenvalue weighted by molar-refractivity contribution is 7.92. The van der Waals surface area contributed by atoms with Crippen molar-refractivity contribution in [1.82, 2.24) is 10.6 Å². The molecule has 0 saturated carbocycles. The van der Waals surface area contributed by atoms with E-state index in [1.54, 1.807) is 52.8 Å². The molecule has 0 spiro atoms. The largest absolute Gasteiger partial charge is 0.374 e. The Labute approximate surface area is 148 Å². The Morgan fingerprint density at radius 2 is 1.76 bits per heavy atom. The first-order valence-corrected chi connectivity index (χ1v) is 9.64. The molecule has 0 fully saturated rings. The number of anilines is 2. The lowest BCUT2D eigenvalue weighted by Crippen LogP contribution is -2.51. The highest BCUT2D eigenvalue weighted by Gasteiger charge is 2.19. The zero-order chi connectivity index (χ0) is 19.4. The Balaban J connectivity index is 2.76. The van der Waals surface area contributed by atoms with Gasteiger partial charge in [0.2, 0.25) is 15.9 Å². The number of amides is 3. The Morgan fingerprint density at radius 1 is 1.16 bits per heavy atom. The molecule has 1 rings (SSSR count). The highest BCUT2D eigenvalue weighted by Crippen LogP contribution is 2.21. The normalized spacial score (nSPS) is 12.9. The van der Waals surface area contributed by atoms with Crippen molar-refractivity contribution in [2.45, 2.75) is 46.2 Å². The van der Waals surface area contributed by atoms with E-state index in [0.29, 0.717) is 11.4 Å². The summed E-state index contributed by atoms with van der Waals surface area (Å²) >= 11 is 0. The third-order valence-electron chi connectivity index (χ3n) is 3.03. The summed E-state index contributed by atoms with van der Waals surface area (Å²) in [6.07, 6.45) is 1.07. The van der Waals surface area contributed by atoms with Gasteiger partial charge in [0.25, 0.3) is 0 Å². The number of hydrogen-bond acceptors (Lipinski definition) is 5. The monoisotopic (exact) mass is 370 g/mol. The molecule has 4 N–H and O–H groups in total. The predicted octanol–water partition coefficient (Wildman–Crippen LogP) is 1.79. The van der Waals surface area contributed by atoms with Gasteiger partial charge in [-0.2, -0.15) is 0 Å². The minimum absolute atomic E-state index is 0.422. The smallest absolute Gasteiger partial charge is 0.321 e. The summed E-state index contributed by atoms with van der Waals surface area (Å²) in [5, 5.41) is 7.83. The van der Waals surface area contributed by atoms with Gasteiger partial charge < -0.3 is 10.6 Å². The summed E-state index contributed by atoms with van der Waals surface area (Å²) in [7, 11) is -3.40. The van der Waals surface area contributed by atoms with Gasteiger partial charge in [-0.3, -0.25) is 14.8 Å². The van der Waals surface area contributed by atoms with Gasteiger partial charge in [-0.25, -0.2) is 13.2 Å². The number of carbonyl (C=O) groups is 2. The Kier molecular flexibility index (Phi) is 6.42. The molecule has 3 amide bonds. The maximum atomic E-state index is 12.1. The summed E-state index contributed by atoms with van der Waals surface area (Å²) in [4.78, 5) is 23.8. The van der Waals surface area contributed by atoms with Crippen LogP contribution in [0.25, 0.3) is 0 Å². The van der Waals surface area contributed by atoms with Crippen LogP contribution in [0.15, 0.2) is 18.2 Å². The molecule has 25 heavy (non-hydrogen) atoms. The molecule has 0 aliphatic heterocycles. The number of imide groups is 1. The van der Waals surface area contributed by atoms with Gasteiger partial charge in [-0.15, -0.1) is 0 Å². The van der Waals surface area contributed by atoms with Crippen molar-refractivity contribution in [3.05, 3.63) is 23.8 Å². The van der Waals surface area contributed by atoms with Crippen molar-refractivity contribution in [1.29, 1.82) is 0 Å². The van der Waals surface area contributed by atoms with Crippen molar-refractivity contribution in [3.8, 4) is 0 Å². The van der Waals surface area contributed by atoms with E-state index in [2.05, 4.69) is 20.7 Å². The van der Waals surface area contributed by atoms with Gasteiger partial charge in [0.1, 0.15) is 6.04 Å². The topological polar surface area (TPSA) is 116 Å². The fourth-order valence-electron chi connectivity index (χ4n) is 1.93. The standard InChI is InChI=1S/C16H26N4O4S/c1-10-7-8-12(9-13(10)20-25(6,23)24)17-11(2)14(21)18-15(22)19-16(3,4)5/h7-9,11,17,20H,1-6H3,(H2,18,19,21,22)/t11-/m1/s1. The number of hydrogen-bond donors (Lipinski definition) is 4. The zero-order valence-corrected chi connectivity index (χ0v) is 16.2. The van der Waals surface area contributed by atoms with Crippen LogP contribution in [0.4, 0.5) is 16.2 Å². The van der Waals surface area contributed by atoms with Crippen molar-refractivity contribution in [2.24, 2.45) is 0 Å². The molecular formula is C16H26N4O4S. The van der Waals surface area contributed by atoms with Gasteiger partial charge in [0, 0.05) is 11.2 Å². The van der Waals surface area contributed by atoms with Crippen LogP contribution in [-0.2, 0) is 14.8 Å². The van der Waals surface area contributed by atoms with E-state index in [1.807, 2.05) is 0 Å². The average molecular weight is 370 g/mol. The quantitative estimate of drug-likeness (QED) is 0.630. The van der Waals surface area contributed by atoms with Crippen LogP contribution in [0.3, 0.4) is 0 Å². The molecular weight excluding hydrogens is 344 g/mol. The van der Waals surface area contributed by atoms with Crippen molar-refractivity contribution in [2.75, 3.05) is 16.3 Å². The highest BCUT2D eigenvalue weighted by atomic mass is 32.2. The fraction of sp³-hybridized carbons (Fsp3) is 0.500. The molecule has 0 aliphatic rings. The Hall–Kier alpha value is -2.29. The van der Waals surface area contributed by atoms with Gasteiger partial charge in [0.05, 0.1) is 11.9 Å². The first-order chi connectivity index (χ1) is 11.3. The van der Waals surface area contributed by atoms with Gasteiger partial charge in [-0.1, -0.05) is 6.07 Å². The SMILES string of the molecule is Cc1ccc(N[C@H](C)C(=O)NC(=O)NC(C)(C)C)cc1NS(C)(=O)=O. The maximum Gasteiger partial charge on any atom is 0.321 e. The third-order valence-corrected chi connectivity index (χ3v) is 3.63. The lowest BCUT2D eigenvalue weighted by Gasteiger charge is -2.22. The summed E-state index contributed by atoms with van der Waals surface area (Å²) in [5.74, 6) is -0.500. The molecule has 9 heteroatoms. The van der Waals surface area contributed by atoms with E-state index in [4.69, 9.17) is 0 Å². The molecule has 0 aromatic heterocycles. The first kappa shape index (κ1) is 20.8. The van der Waals surface area contributed by atoms with Crippen molar-refractivity contribution in [3.63, 3.8) is 0 Å². The van der Waals surface area contributed by atoms with Gasteiger partial charge in [-0.05, 0) is 52.3 Å². The lowest BCUT2D eigenvalue weighted by atomic mass is 10.1. The van der Waals surface area contributed by atoms with Crippen LogP contribution in [0.5, 0.6) is 0 Å². The molecule has 0 unspecified atom stereocenters. The van der Waals surface area contributed by atoms with Gasteiger partial charge in [0.15, 0.2) is 0 Å². The second-order valence-electron chi connectivity index (χ2n) is 6.96. The molecule has 1 aromatic carbocycles. The number of urea groups is 1. The van der Waals surface area contributed by atoms with Crippen LogP contribution in [0.2, 0.25) is 0 Å². The van der Waals surface area contributed by atoms with Crippen LogP contribution < -0.4 is 20.7 Å². The maximum absolute atomic E-state index is 12.1. The second-order valence-corrected chi connectivity index (χ2v) is 8.71. The second kappa shape index (κ2) is 7.73. The molecule has 8 nitrogen and oxygen atoms in total. The number of carbonyl (C=O) groups excluding carboxylic acids is 2. The third kappa shape index (κ3) is 7.88. The minimum Gasteiger partial charge on any atom is -0.374 e. The van der Waals surface area contributed by atoms with E-state index >= 15 is 0 Å². The number of sulfonamides is 1. The fourth-order valence-corrected chi connectivity index (χ4v) is 2.55. The molecule has 0 aliphatic carbocycles. The van der Waals surface area contributed by atoms with Crippen LogP contribution in [0.1, 0.15) is 33.3 Å². The van der Waals surface area contributed by atoms with Gasteiger partial charge >= 0.3 is 6.03 Å². The number of aryl methyl sites for hydroxylation is 1. The van der Waals surface area contributed by atoms with Crippen LogP contribution in [0, 0.1) is 6.92 Å². The number of benzene rings is 1. The lowest BCUT2D eigenvalue weighted by molar-refractivity contribution is -0.120. The van der Waals surface area contributed by atoms with Crippen molar-refractivity contribution >= 4 is 33.3 Å². The summed E-state index contributed by atoms with van der Waals surface area (Å²) in [6.45, 7) is 8.79. The molecule has 0 saturated heterocycles. The average Bonchev–Trinajstić information content (AvgIpc) is 2.38. The van der Waals surface area contributed by atoms with Crippen LogP contribution >= 0.6 is 0 Å². The van der Waals surface area contributed by atoms with Crippen LogP contribution in [-0.4, -0.2) is 38.2 Å². The van der Waals surface area contributed by atoms with E-state index in [-0.39, 0.29) is 0 Å². The molecule has 1 aromatic rings. The van der Waals surface area contributed by atoms with Crippen molar-refractivity contribution < 1.29 is 18.0 Å². The molecule has 0 heterocycles. The van der Waals surface area contributed by atoms with E-state index in [9.17, 15) is 18.0 Å². The molecule has 140 valence electrons. The zero-order valence-electron chi connectivity index (χ0n) is 15.4. The summed E-state index contributed by atoms with van der Waals surface area (Å²) in [6, 6.07) is 3.78.